The van der Waals surface area contributed by atoms with Crippen molar-refractivity contribution in [3.8, 4) is 0 Å². The number of hydrogen-bond acceptors (Lipinski definition) is 8. The summed E-state index contributed by atoms with van der Waals surface area (Å²) in [7, 11) is 0. The average molecular weight is 988 g/mol. The van der Waals surface area contributed by atoms with E-state index in [1.54, 1.807) is 16.8 Å². The molecule has 9 aliphatic heterocycles. The molecule has 3 saturated heterocycles. The van der Waals surface area contributed by atoms with Crippen molar-refractivity contribution in [2.45, 2.75) is 197 Å². The normalized spacial score (nSPS) is 46.4. The number of aliphatic hydroxyl groups excluding tert-OH is 1. The van der Waals surface area contributed by atoms with Crippen molar-refractivity contribution in [2.24, 2.45) is 87.1 Å². The summed E-state index contributed by atoms with van der Waals surface area (Å²) in [5.74, 6) is 5.13. The molecular weight excluding hydrogens is 903 g/mol. The molecule has 3 N–H and O–H groups in total. The number of ether oxygens (including phenoxy) is 2. The number of nitrogens with zero attached hydrogens (tertiary/aromatic N) is 2. The maximum Gasteiger partial charge on any atom is 0.339 e. The fraction of sp³-hybridized carbons (Fsp3) is 0.754. The number of piperidine rings is 2. The lowest BCUT2D eigenvalue weighted by atomic mass is 9.27. The van der Waals surface area contributed by atoms with Crippen LogP contribution in [0.5, 0.6) is 0 Å². The topological polar surface area (TPSA) is 105 Å². The van der Waals surface area contributed by atoms with Crippen molar-refractivity contribution in [3.63, 3.8) is 0 Å². The lowest BCUT2D eigenvalue weighted by molar-refractivity contribution is -0.282. The molecule has 1 aromatic carbocycles. The Morgan fingerprint density at radius 1 is 0.753 bits per heavy atom. The van der Waals surface area contributed by atoms with Gasteiger partial charge in [-0.25, -0.2) is 4.79 Å². The summed E-state index contributed by atoms with van der Waals surface area (Å²) in [6, 6.07) is 7.24. The van der Waals surface area contributed by atoms with Gasteiger partial charge in [0.05, 0.1) is 11.0 Å². The number of rotatable bonds is 6. The SMILES string of the molecule is NCCCc1cccc2c1C(=O)O[C@@]21[C@H]2C[C@H](C3CCCCC3)/C=C\[C@H]3C[C@@H]4[C@@H]5C6=C3[C@@]23C(=O)O/C(=C(/O)C[C@H]([C@H]2CCC7(CCCC7)C2)N2C[C@H]7C[C@@H](C2)[C@H]2CCC(=C5N2C7)C[C@H]4C2CCCCC2)[C@]31CC6. The van der Waals surface area contributed by atoms with Gasteiger partial charge in [-0.3, -0.25) is 9.69 Å². The number of allylic oxidation sites excluding steroid dienone is 4. The van der Waals surface area contributed by atoms with Gasteiger partial charge in [0.15, 0.2) is 11.4 Å². The second-order valence-electron chi connectivity index (χ2n) is 28.2. The van der Waals surface area contributed by atoms with Crippen LogP contribution in [0, 0.1) is 81.3 Å². The molecule has 19 rings (SSSR count). The first kappa shape index (κ1) is 45.8. The number of benzene rings is 1. The standard InChI is InChI=1S/C65H85N3O5/c66-28-10-16-41-15-9-17-50-55(41)60(70)73-65(50)54-32-42(39-11-3-1-4-12-39)18-19-43-30-49-48(40-13-5-2-6-14-40)31-44-20-21-51-46-29-38-35-67(37-46)52(45-22-26-62(34-45)24-7-8-25-62)33-53(69)59-63(65)27-23-47(56(49)58(44)68(51)36-38)57(43)64(54,63)61(71)72-59/h9,15,17-19,38-40,42-43,45-46,48-49,51-52,54,56,69H,1-8,10-14,16,20-37,66H2/b19-18-,59-53+/t38-,42-,43+,45+,46+,48+,49+,51-,52-,54+,56+,63-,64-,65-/m1/s1. The van der Waals surface area contributed by atoms with E-state index < -0.39 is 16.4 Å². The van der Waals surface area contributed by atoms with E-state index in [1.807, 2.05) is 0 Å². The van der Waals surface area contributed by atoms with Crippen LogP contribution in [0.1, 0.15) is 195 Å². The smallest absolute Gasteiger partial charge is 0.339 e. The minimum atomic E-state index is -1.13. The highest BCUT2D eigenvalue weighted by Crippen LogP contribution is 2.88. The Bertz CT molecular complexity index is 2630. The maximum atomic E-state index is 16.7. The third-order valence-electron chi connectivity index (χ3n) is 25.6. The van der Waals surface area contributed by atoms with E-state index in [0.717, 1.165) is 55.8 Å². The monoisotopic (exact) mass is 988 g/mol. The predicted molar refractivity (Wildman–Crippen MR) is 281 cm³/mol. The van der Waals surface area contributed by atoms with Gasteiger partial charge in [-0.15, -0.1) is 0 Å². The highest BCUT2D eigenvalue weighted by Gasteiger charge is 2.94. The molecule has 8 heteroatoms. The van der Waals surface area contributed by atoms with E-state index in [0.29, 0.717) is 95.8 Å². The molecule has 18 aliphatic rings. The molecule has 8 nitrogen and oxygen atoms in total. The van der Waals surface area contributed by atoms with Gasteiger partial charge in [-0.05, 0) is 186 Å². The van der Waals surface area contributed by atoms with Gasteiger partial charge in [-0.2, -0.15) is 0 Å². The third kappa shape index (κ3) is 5.99. The largest absolute Gasteiger partial charge is 0.509 e. The third-order valence-corrected chi connectivity index (χ3v) is 25.6. The molecule has 15 atom stereocenters. The molecule has 1 aromatic rings. The molecule has 8 fully saturated rings. The summed E-state index contributed by atoms with van der Waals surface area (Å²) >= 11 is 0. The molecule has 5 saturated carbocycles. The van der Waals surface area contributed by atoms with Gasteiger partial charge in [0.25, 0.3) is 0 Å². The van der Waals surface area contributed by atoms with E-state index in [4.69, 9.17) is 15.2 Å². The molecule has 12 bridgehead atoms. The number of fused-ring (bicyclic) bond motifs is 3. The summed E-state index contributed by atoms with van der Waals surface area (Å²) in [5.41, 5.74) is 12.6. The van der Waals surface area contributed by atoms with Crippen molar-refractivity contribution >= 4 is 11.9 Å². The first-order chi connectivity index (χ1) is 35.8. The quantitative estimate of drug-likeness (QED) is 0.215. The van der Waals surface area contributed by atoms with Crippen molar-refractivity contribution in [1.82, 2.24) is 9.80 Å². The van der Waals surface area contributed by atoms with Crippen molar-refractivity contribution in [1.29, 1.82) is 0 Å². The Labute approximate surface area is 435 Å². The number of hydrogen-bond donors (Lipinski definition) is 2. The van der Waals surface area contributed by atoms with Gasteiger partial charge in [0.1, 0.15) is 11.2 Å². The highest BCUT2D eigenvalue weighted by molar-refractivity contribution is 6.00. The van der Waals surface area contributed by atoms with E-state index in [2.05, 4.69) is 40.2 Å². The fourth-order valence-corrected chi connectivity index (χ4v) is 23.2. The van der Waals surface area contributed by atoms with Gasteiger partial charge in [0, 0.05) is 61.2 Å². The van der Waals surface area contributed by atoms with Crippen LogP contribution in [0.15, 0.2) is 64.3 Å². The average Bonchev–Trinajstić information content (AvgIpc) is 4.22. The zero-order valence-corrected chi connectivity index (χ0v) is 44.1. The van der Waals surface area contributed by atoms with Crippen LogP contribution in [0.25, 0.3) is 0 Å². The van der Waals surface area contributed by atoms with Crippen LogP contribution in [0.3, 0.4) is 0 Å². The molecule has 0 amide bonds. The van der Waals surface area contributed by atoms with Gasteiger partial charge >= 0.3 is 11.9 Å². The Hall–Kier alpha value is -3.36. The van der Waals surface area contributed by atoms with Crippen LogP contribution in [0.2, 0.25) is 0 Å². The lowest BCUT2D eigenvalue weighted by Gasteiger charge is -2.73. The molecule has 73 heavy (non-hydrogen) atoms. The first-order valence-corrected chi connectivity index (χ1v) is 31.1. The number of aryl methyl sites for hydroxylation is 1. The number of aliphatic hydroxyl groups is 1. The summed E-state index contributed by atoms with van der Waals surface area (Å²) in [4.78, 5) is 38.0. The number of carbonyl (C=O) groups is 2. The number of nitrogens with two attached hydrogens (primary N) is 1. The van der Waals surface area contributed by atoms with Gasteiger partial charge < -0.3 is 25.2 Å². The summed E-state index contributed by atoms with van der Waals surface area (Å²) in [6.07, 6.45) is 38.2. The summed E-state index contributed by atoms with van der Waals surface area (Å²) < 4.78 is 14.8. The molecule has 390 valence electrons. The minimum absolute atomic E-state index is 0.119. The first-order valence-electron chi connectivity index (χ1n) is 31.1. The number of esters is 2. The molecular formula is C65H85N3O5. The molecule has 4 spiro atoms. The Morgan fingerprint density at radius 2 is 1.58 bits per heavy atom. The maximum absolute atomic E-state index is 16.7. The lowest BCUT2D eigenvalue weighted by Crippen LogP contribution is -2.78. The van der Waals surface area contributed by atoms with Crippen LogP contribution in [0.4, 0.5) is 0 Å². The molecule has 0 radical (unpaired) electrons. The zero-order chi connectivity index (χ0) is 48.6. The van der Waals surface area contributed by atoms with Crippen LogP contribution >= 0.6 is 0 Å². The van der Waals surface area contributed by atoms with Crippen molar-refractivity contribution in [3.05, 3.63) is 81.0 Å². The predicted octanol–water partition coefficient (Wildman–Crippen LogP) is 12.8. The van der Waals surface area contributed by atoms with Crippen LogP contribution in [-0.4, -0.2) is 65.1 Å². The second kappa shape index (κ2) is 16.6. The Balaban J connectivity index is 0.965. The van der Waals surface area contributed by atoms with Crippen molar-refractivity contribution < 1.29 is 24.2 Å². The molecule has 1 unspecified atom stereocenters. The minimum Gasteiger partial charge on any atom is -0.509 e. The van der Waals surface area contributed by atoms with Gasteiger partial charge in [-0.1, -0.05) is 106 Å². The summed E-state index contributed by atoms with van der Waals surface area (Å²) in [6.45, 7) is 3.92. The molecule has 9 heterocycles. The van der Waals surface area contributed by atoms with E-state index >= 15 is 9.59 Å². The Morgan fingerprint density at radius 3 is 2.40 bits per heavy atom. The fourth-order valence-electron chi connectivity index (χ4n) is 23.2. The van der Waals surface area contributed by atoms with E-state index in [-0.39, 0.29) is 35.7 Å². The highest BCUT2D eigenvalue weighted by atomic mass is 16.6. The van der Waals surface area contributed by atoms with Gasteiger partial charge in [0.2, 0.25) is 0 Å². The summed E-state index contributed by atoms with van der Waals surface area (Å²) in [5, 5.41) is 13.8. The second-order valence-corrected chi connectivity index (χ2v) is 28.2. The molecule has 9 aliphatic carbocycles. The van der Waals surface area contributed by atoms with E-state index in [9.17, 15) is 5.11 Å². The number of carbonyl (C=O) groups excluding carboxylic acids is 2. The zero-order valence-electron chi connectivity index (χ0n) is 44.1. The van der Waals surface area contributed by atoms with E-state index in [1.165, 1.54) is 147 Å². The van der Waals surface area contributed by atoms with Crippen LogP contribution in [-0.2, 0) is 26.3 Å². The van der Waals surface area contributed by atoms with Crippen LogP contribution < -0.4 is 5.73 Å². The molecule has 0 aromatic heterocycles. The Kier molecular flexibility index (Phi) is 10.4. The van der Waals surface area contributed by atoms with Crippen molar-refractivity contribution in [2.75, 3.05) is 26.2 Å².